The Hall–Kier alpha value is -1.98. The second kappa shape index (κ2) is 10.1. The molecule has 1 heterocycles. The number of nitrogens with one attached hydrogen (secondary N) is 1. The van der Waals surface area contributed by atoms with Gasteiger partial charge in [0.25, 0.3) is 5.91 Å². The van der Waals surface area contributed by atoms with Crippen LogP contribution in [0.15, 0.2) is 51.8 Å². The van der Waals surface area contributed by atoms with Gasteiger partial charge in [0.15, 0.2) is 6.10 Å². The lowest BCUT2D eigenvalue weighted by Gasteiger charge is -2.26. The summed E-state index contributed by atoms with van der Waals surface area (Å²) in [6, 6.07) is 10.6. The molecule has 8 nitrogen and oxygen atoms in total. The fourth-order valence-corrected chi connectivity index (χ4v) is 4.86. The number of rotatable bonds is 6. The lowest BCUT2D eigenvalue weighted by molar-refractivity contribution is -0.123. The second-order valence-corrected chi connectivity index (χ2v) is 9.97. The zero-order valence-corrected chi connectivity index (χ0v) is 19.7. The molecule has 166 valence electrons. The number of sulfonamides is 1. The van der Waals surface area contributed by atoms with Crippen LogP contribution in [0.3, 0.4) is 0 Å². The Morgan fingerprint density at radius 1 is 1.19 bits per heavy atom. The zero-order chi connectivity index (χ0) is 22.6. The van der Waals surface area contributed by atoms with Crippen molar-refractivity contribution in [2.75, 3.05) is 31.6 Å². The smallest absolute Gasteiger partial charge is 0.340 e. The van der Waals surface area contributed by atoms with Crippen molar-refractivity contribution < 1.29 is 27.5 Å². The van der Waals surface area contributed by atoms with E-state index in [1.807, 2.05) is 0 Å². The van der Waals surface area contributed by atoms with Crippen LogP contribution in [0.25, 0.3) is 0 Å². The number of nitrogens with zero attached hydrogens (tertiary/aromatic N) is 1. The molecule has 1 saturated heterocycles. The van der Waals surface area contributed by atoms with E-state index < -0.39 is 28.0 Å². The molecule has 11 heteroatoms. The highest BCUT2D eigenvalue weighted by molar-refractivity contribution is 9.10. The summed E-state index contributed by atoms with van der Waals surface area (Å²) in [5.74, 6) is -1.36. The van der Waals surface area contributed by atoms with E-state index in [1.54, 1.807) is 12.1 Å². The van der Waals surface area contributed by atoms with Gasteiger partial charge in [-0.2, -0.15) is 4.31 Å². The first-order chi connectivity index (χ1) is 14.7. The molecule has 0 saturated carbocycles. The van der Waals surface area contributed by atoms with Gasteiger partial charge in [-0.25, -0.2) is 13.2 Å². The van der Waals surface area contributed by atoms with Gasteiger partial charge in [-0.3, -0.25) is 4.79 Å². The van der Waals surface area contributed by atoms with Crippen molar-refractivity contribution in [3.8, 4) is 0 Å². The van der Waals surface area contributed by atoms with Gasteiger partial charge in [0.2, 0.25) is 10.0 Å². The largest absolute Gasteiger partial charge is 0.449 e. The third-order valence-electron chi connectivity index (χ3n) is 4.51. The summed E-state index contributed by atoms with van der Waals surface area (Å²) in [7, 11) is -3.71. The molecule has 2 aromatic carbocycles. The van der Waals surface area contributed by atoms with Crippen LogP contribution < -0.4 is 5.32 Å². The van der Waals surface area contributed by atoms with Crippen molar-refractivity contribution in [2.24, 2.45) is 0 Å². The van der Waals surface area contributed by atoms with Gasteiger partial charge in [0.1, 0.15) is 0 Å². The topological polar surface area (TPSA) is 102 Å². The number of carbonyl (C=O) groups is 2. The van der Waals surface area contributed by atoms with E-state index in [9.17, 15) is 18.0 Å². The Balaban J connectivity index is 1.68. The van der Waals surface area contributed by atoms with E-state index in [2.05, 4.69) is 21.2 Å². The quantitative estimate of drug-likeness (QED) is 0.574. The van der Waals surface area contributed by atoms with Crippen molar-refractivity contribution in [1.82, 2.24) is 4.31 Å². The van der Waals surface area contributed by atoms with Crippen molar-refractivity contribution in [3.05, 3.63) is 57.5 Å². The SMILES string of the molecule is C[C@H](OC(=O)c1cc(Br)ccc1Cl)C(=O)Nc1cccc(S(=O)(=O)N2CCOCC2)c1. The van der Waals surface area contributed by atoms with Crippen LogP contribution in [-0.4, -0.2) is 57.0 Å². The predicted octanol–water partition coefficient (Wildman–Crippen LogP) is 3.31. The molecule has 0 aliphatic carbocycles. The molecule has 1 amide bonds. The Kier molecular flexibility index (Phi) is 7.71. The normalized spacial score (nSPS) is 15.8. The van der Waals surface area contributed by atoms with Gasteiger partial charge in [0, 0.05) is 23.2 Å². The molecular weight excluding hydrogens is 512 g/mol. The van der Waals surface area contributed by atoms with Crippen LogP contribution in [0.2, 0.25) is 5.02 Å². The van der Waals surface area contributed by atoms with Crippen molar-refractivity contribution in [1.29, 1.82) is 0 Å². The average Bonchev–Trinajstić information content (AvgIpc) is 2.76. The Bertz CT molecular complexity index is 1090. The van der Waals surface area contributed by atoms with E-state index in [-0.39, 0.29) is 34.3 Å². The van der Waals surface area contributed by atoms with Crippen LogP contribution in [-0.2, 0) is 24.3 Å². The highest BCUT2D eigenvalue weighted by Crippen LogP contribution is 2.23. The van der Waals surface area contributed by atoms with E-state index in [0.29, 0.717) is 17.7 Å². The van der Waals surface area contributed by atoms with Crippen LogP contribution >= 0.6 is 27.5 Å². The van der Waals surface area contributed by atoms with Crippen LogP contribution in [0.5, 0.6) is 0 Å². The minimum absolute atomic E-state index is 0.0535. The minimum Gasteiger partial charge on any atom is -0.449 e. The molecule has 1 fully saturated rings. The predicted molar refractivity (Wildman–Crippen MR) is 119 cm³/mol. The monoisotopic (exact) mass is 530 g/mol. The number of benzene rings is 2. The van der Waals surface area contributed by atoms with Gasteiger partial charge in [-0.1, -0.05) is 33.6 Å². The highest BCUT2D eigenvalue weighted by Gasteiger charge is 2.27. The lowest BCUT2D eigenvalue weighted by atomic mass is 10.2. The molecule has 2 aromatic rings. The zero-order valence-electron chi connectivity index (χ0n) is 16.5. The molecule has 0 bridgehead atoms. The molecule has 1 aliphatic heterocycles. The number of amides is 1. The van der Waals surface area contributed by atoms with Crippen molar-refractivity contribution in [2.45, 2.75) is 17.9 Å². The van der Waals surface area contributed by atoms with Gasteiger partial charge in [0.05, 0.1) is 28.7 Å². The first-order valence-electron chi connectivity index (χ1n) is 9.33. The fraction of sp³-hybridized carbons (Fsp3) is 0.300. The molecule has 0 radical (unpaired) electrons. The molecule has 0 unspecified atom stereocenters. The number of hydrogen-bond donors (Lipinski definition) is 1. The third kappa shape index (κ3) is 5.83. The molecule has 0 aromatic heterocycles. The standard InChI is InChI=1S/C20H20BrClN2O6S/c1-13(30-20(26)17-11-14(21)5-6-18(17)22)19(25)23-15-3-2-4-16(12-15)31(27,28)24-7-9-29-10-8-24/h2-6,11-13H,7-10H2,1H3,(H,23,25)/t13-/m0/s1. The molecule has 1 atom stereocenters. The maximum Gasteiger partial charge on any atom is 0.340 e. The maximum absolute atomic E-state index is 12.8. The summed E-state index contributed by atoms with van der Waals surface area (Å²) in [5.41, 5.74) is 0.386. The van der Waals surface area contributed by atoms with Crippen LogP contribution in [0, 0.1) is 0 Å². The Morgan fingerprint density at radius 2 is 1.90 bits per heavy atom. The molecule has 3 rings (SSSR count). The van der Waals surface area contributed by atoms with Crippen molar-refractivity contribution in [3.63, 3.8) is 0 Å². The molecule has 1 N–H and O–H groups in total. The summed E-state index contributed by atoms with van der Waals surface area (Å²) >= 11 is 9.27. The summed E-state index contributed by atoms with van der Waals surface area (Å²) in [6.45, 7) is 2.61. The maximum atomic E-state index is 12.8. The lowest BCUT2D eigenvalue weighted by Crippen LogP contribution is -2.40. The number of ether oxygens (including phenoxy) is 2. The first kappa shape index (κ1) is 23.7. The number of hydrogen-bond acceptors (Lipinski definition) is 6. The van der Waals surface area contributed by atoms with Gasteiger partial charge < -0.3 is 14.8 Å². The third-order valence-corrected chi connectivity index (χ3v) is 7.23. The summed E-state index contributed by atoms with van der Waals surface area (Å²) in [5, 5.41) is 2.77. The van der Waals surface area contributed by atoms with Gasteiger partial charge >= 0.3 is 5.97 Å². The fourth-order valence-electron chi connectivity index (χ4n) is 2.85. The minimum atomic E-state index is -3.71. The molecule has 31 heavy (non-hydrogen) atoms. The van der Waals surface area contributed by atoms with Crippen LogP contribution in [0.1, 0.15) is 17.3 Å². The van der Waals surface area contributed by atoms with E-state index in [0.717, 1.165) is 0 Å². The van der Waals surface area contributed by atoms with E-state index in [1.165, 1.54) is 41.6 Å². The van der Waals surface area contributed by atoms with E-state index in [4.69, 9.17) is 21.1 Å². The van der Waals surface area contributed by atoms with Gasteiger partial charge in [-0.15, -0.1) is 0 Å². The number of morpholine rings is 1. The van der Waals surface area contributed by atoms with Crippen LogP contribution in [0.4, 0.5) is 5.69 Å². The summed E-state index contributed by atoms with van der Waals surface area (Å²) < 4.78 is 38.0. The van der Waals surface area contributed by atoms with Gasteiger partial charge in [-0.05, 0) is 43.3 Å². The average molecular weight is 532 g/mol. The Labute approximate surface area is 193 Å². The summed E-state index contributed by atoms with van der Waals surface area (Å²) in [4.78, 5) is 24.9. The molecule has 1 aliphatic rings. The number of anilines is 1. The molecular formula is C20H20BrClN2O6S. The second-order valence-electron chi connectivity index (χ2n) is 6.71. The number of carbonyl (C=O) groups excluding carboxylic acids is 2. The summed E-state index contributed by atoms with van der Waals surface area (Å²) in [6.07, 6.45) is -1.14. The molecule has 0 spiro atoms. The first-order valence-corrected chi connectivity index (χ1v) is 11.9. The Morgan fingerprint density at radius 3 is 2.61 bits per heavy atom. The number of esters is 1. The number of halogens is 2. The van der Waals surface area contributed by atoms with E-state index >= 15 is 0 Å². The highest BCUT2D eigenvalue weighted by atomic mass is 79.9. The van der Waals surface area contributed by atoms with Crippen molar-refractivity contribution >= 4 is 55.1 Å².